The van der Waals surface area contributed by atoms with Gasteiger partial charge in [0, 0.05) is 5.39 Å². The SMILES string of the molecule is CCCCOC(=O)CSc1nc2ccccc2c2nc(C)nn12. The Kier molecular flexibility index (Phi) is 4.76. The number of aryl methyl sites for hydroxylation is 1. The second kappa shape index (κ2) is 6.95. The summed E-state index contributed by atoms with van der Waals surface area (Å²) in [5, 5.41) is 5.98. The maximum absolute atomic E-state index is 11.8. The van der Waals surface area contributed by atoms with Crippen LogP contribution in [0, 0.1) is 6.92 Å². The summed E-state index contributed by atoms with van der Waals surface area (Å²) in [6, 6.07) is 7.79. The van der Waals surface area contributed by atoms with Crippen LogP contribution in [0.1, 0.15) is 25.6 Å². The van der Waals surface area contributed by atoms with E-state index in [-0.39, 0.29) is 11.7 Å². The van der Waals surface area contributed by atoms with Crippen molar-refractivity contribution >= 4 is 34.3 Å². The molecule has 2 heterocycles. The minimum absolute atomic E-state index is 0.211. The lowest BCUT2D eigenvalue weighted by Gasteiger charge is -2.06. The molecule has 0 saturated carbocycles. The predicted octanol–water partition coefficient (Wildman–Crippen LogP) is 3.02. The molecule has 0 aliphatic rings. The standard InChI is InChI=1S/C16H18N4O2S/c1-3-4-9-22-14(21)10-23-16-18-13-8-6-5-7-12(13)15-17-11(2)19-20(15)16/h5-8H,3-4,9-10H2,1-2H3. The average molecular weight is 330 g/mol. The first-order chi connectivity index (χ1) is 11.2. The molecular weight excluding hydrogens is 312 g/mol. The molecule has 3 rings (SSSR count). The van der Waals surface area contributed by atoms with Crippen LogP contribution in [-0.4, -0.2) is 37.9 Å². The number of fused-ring (bicyclic) bond motifs is 3. The van der Waals surface area contributed by atoms with Crippen LogP contribution in [0.4, 0.5) is 0 Å². The number of hydrogen-bond donors (Lipinski definition) is 0. The van der Waals surface area contributed by atoms with E-state index < -0.39 is 0 Å². The number of carbonyl (C=O) groups excluding carboxylic acids is 1. The molecule has 0 aliphatic carbocycles. The van der Waals surface area contributed by atoms with Crippen molar-refractivity contribution < 1.29 is 9.53 Å². The summed E-state index contributed by atoms with van der Waals surface area (Å²) in [5.74, 6) is 0.655. The van der Waals surface area contributed by atoms with E-state index in [1.54, 1.807) is 4.52 Å². The molecule has 7 heteroatoms. The number of thioether (sulfide) groups is 1. The van der Waals surface area contributed by atoms with Crippen molar-refractivity contribution in [2.24, 2.45) is 0 Å². The third kappa shape index (κ3) is 3.44. The zero-order valence-electron chi connectivity index (χ0n) is 13.2. The van der Waals surface area contributed by atoms with E-state index in [0.29, 0.717) is 17.6 Å². The summed E-state index contributed by atoms with van der Waals surface area (Å²) in [6.07, 6.45) is 1.89. The zero-order chi connectivity index (χ0) is 16.2. The van der Waals surface area contributed by atoms with E-state index in [2.05, 4.69) is 22.0 Å². The van der Waals surface area contributed by atoms with Crippen molar-refractivity contribution in [3.63, 3.8) is 0 Å². The Bertz CT molecular complexity index is 847. The van der Waals surface area contributed by atoms with Gasteiger partial charge in [0.2, 0.25) is 0 Å². The Morgan fingerprint density at radius 1 is 1.30 bits per heavy atom. The van der Waals surface area contributed by atoms with Crippen molar-refractivity contribution in [3.05, 3.63) is 30.1 Å². The number of benzene rings is 1. The fourth-order valence-electron chi connectivity index (χ4n) is 2.22. The molecule has 23 heavy (non-hydrogen) atoms. The molecule has 0 atom stereocenters. The Labute approximate surface area is 138 Å². The van der Waals surface area contributed by atoms with Crippen molar-refractivity contribution in [2.75, 3.05) is 12.4 Å². The molecule has 2 aromatic heterocycles. The van der Waals surface area contributed by atoms with Crippen LogP contribution >= 0.6 is 11.8 Å². The highest BCUT2D eigenvalue weighted by Crippen LogP contribution is 2.23. The summed E-state index contributed by atoms with van der Waals surface area (Å²) in [5.41, 5.74) is 1.60. The van der Waals surface area contributed by atoms with Gasteiger partial charge >= 0.3 is 5.97 Å². The Balaban J connectivity index is 1.86. The highest BCUT2D eigenvalue weighted by molar-refractivity contribution is 7.99. The number of ether oxygens (including phenoxy) is 1. The first kappa shape index (κ1) is 15.7. The molecule has 0 radical (unpaired) electrons. The van der Waals surface area contributed by atoms with Gasteiger partial charge in [-0.3, -0.25) is 4.79 Å². The zero-order valence-corrected chi connectivity index (χ0v) is 14.0. The van der Waals surface area contributed by atoms with Crippen LogP contribution in [0.25, 0.3) is 16.6 Å². The van der Waals surface area contributed by atoms with Crippen molar-refractivity contribution in [2.45, 2.75) is 31.8 Å². The number of para-hydroxylation sites is 1. The molecule has 6 nitrogen and oxygen atoms in total. The normalized spacial score (nSPS) is 11.2. The van der Waals surface area contributed by atoms with Crippen molar-refractivity contribution in [3.8, 4) is 0 Å². The molecule has 0 saturated heterocycles. The Morgan fingerprint density at radius 2 is 2.13 bits per heavy atom. The fourth-order valence-corrected chi connectivity index (χ4v) is 2.97. The van der Waals surface area contributed by atoms with E-state index >= 15 is 0 Å². The van der Waals surface area contributed by atoms with Gasteiger partial charge in [-0.2, -0.15) is 4.52 Å². The second-order valence-electron chi connectivity index (χ2n) is 5.17. The lowest BCUT2D eigenvalue weighted by molar-refractivity contribution is -0.140. The topological polar surface area (TPSA) is 69.4 Å². The highest BCUT2D eigenvalue weighted by Gasteiger charge is 2.14. The molecule has 1 aromatic carbocycles. The summed E-state index contributed by atoms with van der Waals surface area (Å²) in [6.45, 7) is 4.37. The number of rotatable bonds is 6. The summed E-state index contributed by atoms with van der Waals surface area (Å²) >= 11 is 1.32. The first-order valence-corrected chi connectivity index (χ1v) is 8.58. The Hall–Kier alpha value is -2.15. The smallest absolute Gasteiger partial charge is 0.316 e. The van der Waals surface area contributed by atoms with E-state index in [0.717, 1.165) is 29.4 Å². The minimum atomic E-state index is -0.233. The molecule has 0 aliphatic heterocycles. The van der Waals surface area contributed by atoms with Gasteiger partial charge in [-0.1, -0.05) is 37.2 Å². The molecule has 0 fully saturated rings. The summed E-state index contributed by atoms with van der Waals surface area (Å²) in [4.78, 5) is 20.9. The molecule has 3 aromatic rings. The highest BCUT2D eigenvalue weighted by atomic mass is 32.2. The number of aromatic nitrogens is 4. The lowest BCUT2D eigenvalue weighted by atomic mass is 10.2. The van der Waals surface area contributed by atoms with E-state index in [9.17, 15) is 4.79 Å². The lowest BCUT2D eigenvalue weighted by Crippen LogP contribution is -2.09. The quantitative estimate of drug-likeness (QED) is 0.299. The van der Waals surface area contributed by atoms with E-state index in [4.69, 9.17) is 4.74 Å². The molecule has 0 bridgehead atoms. The Morgan fingerprint density at radius 3 is 2.96 bits per heavy atom. The van der Waals surface area contributed by atoms with Gasteiger partial charge in [0.25, 0.3) is 0 Å². The van der Waals surface area contributed by atoms with Gasteiger partial charge in [0.15, 0.2) is 10.8 Å². The first-order valence-electron chi connectivity index (χ1n) is 7.59. The van der Waals surface area contributed by atoms with Gasteiger partial charge in [0.05, 0.1) is 17.9 Å². The second-order valence-corrected chi connectivity index (χ2v) is 6.11. The number of nitrogens with zero attached hydrogens (tertiary/aromatic N) is 4. The van der Waals surface area contributed by atoms with Crippen LogP contribution in [0.15, 0.2) is 29.4 Å². The number of unbranched alkanes of at least 4 members (excludes halogenated alkanes) is 1. The van der Waals surface area contributed by atoms with E-state index in [1.807, 2.05) is 31.2 Å². The monoisotopic (exact) mass is 330 g/mol. The molecule has 120 valence electrons. The molecule has 0 spiro atoms. The third-order valence-electron chi connectivity index (χ3n) is 3.34. The number of hydrogen-bond acceptors (Lipinski definition) is 6. The number of esters is 1. The van der Waals surface area contributed by atoms with Crippen LogP contribution in [-0.2, 0) is 9.53 Å². The maximum atomic E-state index is 11.8. The van der Waals surface area contributed by atoms with E-state index in [1.165, 1.54) is 11.8 Å². The molecule has 0 unspecified atom stereocenters. The molecular formula is C16H18N4O2S. The fraction of sp³-hybridized carbons (Fsp3) is 0.375. The third-order valence-corrected chi connectivity index (χ3v) is 4.24. The van der Waals surface area contributed by atoms with Crippen LogP contribution < -0.4 is 0 Å². The molecule has 0 amide bonds. The summed E-state index contributed by atoms with van der Waals surface area (Å²) < 4.78 is 6.87. The average Bonchev–Trinajstić information content (AvgIpc) is 2.95. The van der Waals surface area contributed by atoms with Crippen LogP contribution in [0.3, 0.4) is 0 Å². The van der Waals surface area contributed by atoms with Crippen LogP contribution in [0.5, 0.6) is 0 Å². The number of carbonyl (C=O) groups is 1. The van der Waals surface area contributed by atoms with Gasteiger partial charge in [0.1, 0.15) is 5.82 Å². The maximum Gasteiger partial charge on any atom is 0.316 e. The van der Waals surface area contributed by atoms with Gasteiger partial charge in [-0.15, -0.1) is 5.10 Å². The largest absolute Gasteiger partial charge is 0.465 e. The van der Waals surface area contributed by atoms with Crippen molar-refractivity contribution in [1.82, 2.24) is 19.6 Å². The van der Waals surface area contributed by atoms with Crippen LogP contribution in [0.2, 0.25) is 0 Å². The predicted molar refractivity (Wildman–Crippen MR) is 89.6 cm³/mol. The van der Waals surface area contributed by atoms with Crippen molar-refractivity contribution in [1.29, 1.82) is 0 Å². The minimum Gasteiger partial charge on any atom is -0.465 e. The van der Waals surface area contributed by atoms with Gasteiger partial charge < -0.3 is 4.74 Å². The summed E-state index contributed by atoms with van der Waals surface area (Å²) in [7, 11) is 0. The van der Waals surface area contributed by atoms with Gasteiger partial charge in [-0.25, -0.2) is 9.97 Å². The van der Waals surface area contributed by atoms with Gasteiger partial charge in [-0.05, 0) is 25.5 Å². The molecule has 0 N–H and O–H groups in total.